The van der Waals surface area contributed by atoms with Gasteiger partial charge in [0.05, 0.1) is 0 Å². The Morgan fingerprint density at radius 1 is 0.722 bits per heavy atom. The van der Waals surface area contributed by atoms with Gasteiger partial charge in [-0.3, -0.25) is 0 Å². The molecular weight excluding hydrogens is 290 g/mol. The van der Waals surface area contributed by atoms with E-state index in [4.69, 9.17) is 0 Å². The molecule has 3 aromatic rings. The van der Waals surface area contributed by atoms with Crippen molar-refractivity contribution in [3.8, 4) is 0 Å². The molecule has 0 aromatic heterocycles. The number of halogens is 1. The van der Waals surface area contributed by atoms with Crippen molar-refractivity contribution < 1.29 is 4.39 Å². The second kappa shape index (κ2) is 4.93. The van der Waals surface area contributed by atoms with Gasteiger partial charge in [-0.2, -0.15) is 0 Å². The van der Waals surface area contributed by atoms with Gasteiger partial charge in [-0.05, 0) is 0 Å². The molecule has 0 aliphatic rings. The summed E-state index contributed by atoms with van der Waals surface area (Å²) in [5, 5.41) is 1.74. The van der Waals surface area contributed by atoms with E-state index in [0.717, 1.165) is 15.2 Å². The molecule has 3 aromatic carbocycles. The first-order valence-corrected chi connectivity index (χ1v) is 7.46. The van der Waals surface area contributed by atoms with Crippen LogP contribution in [0.2, 0.25) is 0 Å². The van der Waals surface area contributed by atoms with E-state index >= 15 is 0 Å². The quantitative estimate of drug-likeness (QED) is 0.638. The third kappa shape index (κ3) is 2.17. The fourth-order valence-electron chi connectivity index (χ4n) is 1.96. The van der Waals surface area contributed by atoms with Gasteiger partial charge < -0.3 is 0 Å². The van der Waals surface area contributed by atoms with Gasteiger partial charge in [0.1, 0.15) is 0 Å². The van der Waals surface area contributed by atoms with Crippen LogP contribution in [-0.2, 0) is 0 Å². The van der Waals surface area contributed by atoms with Crippen LogP contribution in [0, 0.1) is 5.82 Å². The summed E-state index contributed by atoms with van der Waals surface area (Å²) in [5.74, 6) is -0.124. The molecule has 0 radical (unpaired) electrons. The Labute approximate surface area is 112 Å². The maximum atomic E-state index is 14.0. The first kappa shape index (κ1) is 11.5. The average molecular weight is 301 g/mol. The molecule has 88 valence electrons. The normalized spacial score (nSPS) is 10.7. The first-order valence-electron chi connectivity index (χ1n) is 5.75. The van der Waals surface area contributed by atoms with Gasteiger partial charge in [0.15, 0.2) is 0 Å². The molecule has 18 heavy (non-hydrogen) atoms. The Kier molecular flexibility index (Phi) is 3.14. The van der Waals surface area contributed by atoms with Crippen LogP contribution in [0.5, 0.6) is 0 Å². The fourth-order valence-corrected chi connectivity index (χ4v) is 4.08. The van der Waals surface area contributed by atoms with E-state index in [1.54, 1.807) is 6.07 Å². The van der Waals surface area contributed by atoms with Crippen LogP contribution in [0.3, 0.4) is 0 Å². The van der Waals surface area contributed by atoms with E-state index in [2.05, 4.69) is 12.1 Å². The Morgan fingerprint density at radius 2 is 1.44 bits per heavy atom. The molecule has 0 amide bonds. The summed E-state index contributed by atoms with van der Waals surface area (Å²) in [6, 6.07) is 21.5. The molecular formula is C16H11FSe. The summed E-state index contributed by atoms with van der Waals surface area (Å²) >= 11 is 0.142. The van der Waals surface area contributed by atoms with E-state index in [1.807, 2.05) is 42.5 Å². The summed E-state index contributed by atoms with van der Waals surface area (Å²) in [6.07, 6.45) is 0. The molecule has 0 saturated carbocycles. The van der Waals surface area contributed by atoms with Crippen molar-refractivity contribution in [1.82, 2.24) is 0 Å². The molecule has 0 N–H and O–H groups in total. The summed E-state index contributed by atoms with van der Waals surface area (Å²) < 4.78 is 16.3. The van der Waals surface area contributed by atoms with Crippen molar-refractivity contribution in [2.24, 2.45) is 0 Å². The zero-order valence-corrected chi connectivity index (χ0v) is 11.4. The van der Waals surface area contributed by atoms with Crippen LogP contribution in [0.1, 0.15) is 0 Å². The van der Waals surface area contributed by atoms with Crippen LogP contribution >= 0.6 is 0 Å². The van der Waals surface area contributed by atoms with Gasteiger partial charge in [-0.1, -0.05) is 0 Å². The molecule has 0 heterocycles. The number of hydrogen-bond donors (Lipinski definition) is 0. The molecule has 0 saturated heterocycles. The van der Waals surface area contributed by atoms with E-state index in [1.165, 1.54) is 10.5 Å². The summed E-state index contributed by atoms with van der Waals surface area (Å²) in [4.78, 5) is 0. The van der Waals surface area contributed by atoms with Gasteiger partial charge in [0, 0.05) is 0 Å². The standard InChI is InChI=1S/C16H11FSe/c17-14-10-4-6-12-7-5-11-15(16(12)14)18-13-8-2-1-3-9-13/h1-11H. The van der Waals surface area contributed by atoms with Gasteiger partial charge in [-0.25, -0.2) is 0 Å². The molecule has 0 fully saturated rings. The van der Waals surface area contributed by atoms with E-state index in [9.17, 15) is 4.39 Å². The van der Waals surface area contributed by atoms with E-state index < -0.39 is 0 Å². The predicted octanol–water partition coefficient (Wildman–Crippen LogP) is 2.63. The zero-order chi connectivity index (χ0) is 12.4. The molecule has 0 unspecified atom stereocenters. The number of hydrogen-bond acceptors (Lipinski definition) is 0. The average Bonchev–Trinajstić information content (AvgIpc) is 2.40. The second-order valence-electron chi connectivity index (χ2n) is 4.01. The van der Waals surface area contributed by atoms with E-state index in [-0.39, 0.29) is 20.8 Å². The molecule has 3 rings (SSSR count). The molecule has 0 atom stereocenters. The first-order chi connectivity index (χ1) is 8.84. The van der Waals surface area contributed by atoms with Gasteiger partial charge >= 0.3 is 112 Å². The third-order valence-corrected chi connectivity index (χ3v) is 5.03. The Hall–Kier alpha value is -1.63. The van der Waals surface area contributed by atoms with E-state index in [0.29, 0.717) is 0 Å². The number of benzene rings is 3. The van der Waals surface area contributed by atoms with Crippen LogP contribution in [0.25, 0.3) is 10.8 Å². The summed E-state index contributed by atoms with van der Waals surface area (Å²) in [5.41, 5.74) is 0. The van der Waals surface area contributed by atoms with Crippen molar-refractivity contribution in [3.05, 3.63) is 72.5 Å². The minimum absolute atomic E-state index is 0.124. The van der Waals surface area contributed by atoms with Gasteiger partial charge in [-0.15, -0.1) is 0 Å². The van der Waals surface area contributed by atoms with Crippen molar-refractivity contribution in [3.63, 3.8) is 0 Å². The Bertz CT molecular complexity index is 672. The van der Waals surface area contributed by atoms with Crippen molar-refractivity contribution in [2.75, 3.05) is 0 Å². The zero-order valence-electron chi connectivity index (χ0n) is 9.64. The Morgan fingerprint density at radius 3 is 2.22 bits per heavy atom. The molecule has 0 aliphatic carbocycles. The molecule has 0 spiro atoms. The van der Waals surface area contributed by atoms with Crippen molar-refractivity contribution in [1.29, 1.82) is 0 Å². The van der Waals surface area contributed by atoms with Crippen molar-refractivity contribution >= 4 is 34.7 Å². The van der Waals surface area contributed by atoms with Crippen molar-refractivity contribution in [2.45, 2.75) is 0 Å². The number of fused-ring (bicyclic) bond motifs is 1. The van der Waals surface area contributed by atoms with Gasteiger partial charge in [0.2, 0.25) is 0 Å². The van der Waals surface area contributed by atoms with Crippen LogP contribution < -0.4 is 8.92 Å². The maximum absolute atomic E-state index is 14.0. The summed E-state index contributed by atoms with van der Waals surface area (Å²) in [6.45, 7) is 0. The molecule has 2 heteroatoms. The molecule has 0 bridgehead atoms. The second-order valence-corrected chi connectivity index (χ2v) is 6.35. The molecule has 0 aliphatic heterocycles. The monoisotopic (exact) mass is 302 g/mol. The summed E-state index contributed by atoms with van der Waals surface area (Å²) in [7, 11) is 0. The third-order valence-electron chi connectivity index (χ3n) is 2.79. The topological polar surface area (TPSA) is 0 Å². The van der Waals surface area contributed by atoms with Crippen LogP contribution in [-0.4, -0.2) is 15.0 Å². The Balaban J connectivity index is 2.12. The SMILES string of the molecule is Fc1cccc2cccc([Se]c3ccccc3)c12. The minimum atomic E-state index is -0.124. The van der Waals surface area contributed by atoms with Crippen LogP contribution in [0.15, 0.2) is 66.7 Å². The van der Waals surface area contributed by atoms with Crippen LogP contribution in [0.4, 0.5) is 4.39 Å². The number of rotatable bonds is 2. The predicted molar refractivity (Wildman–Crippen MR) is 75.4 cm³/mol. The molecule has 0 nitrogen and oxygen atoms in total. The van der Waals surface area contributed by atoms with Gasteiger partial charge in [0.25, 0.3) is 0 Å². The fraction of sp³-hybridized carbons (Fsp3) is 0.